The fourth-order valence-electron chi connectivity index (χ4n) is 1.77. The van der Waals surface area contributed by atoms with Crippen molar-refractivity contribution in [1.82, 2.24) is 19.5 Å². The van der Waals surface area contributed by atoms with Gasteiger partial charge in [0.15, 0.2) is 11.2 Å². The monoisotopic (exact) mass is 276 g/mol. The summed E-state index contributed by atoms with van der Waals surface area (Å²) in [5.74, 6) is -0.207. The highest BCUT2D eigenvalue weighted by Crippen LogP contribution is 2.12. The van der Waals surface area contributed by atoms with Crippen molar-refractivity contribution in [1.29, 1.82) is 0 Å². The number of rotatable bonds is 5. The molecule has 0 aliphatic heterocycles. The van der Waals surface area contributed by atoms with Gasteiger partial charge in [-0.3, -0.25) is 9.59 Å². The summed E-state index contributed by atoms with van der Waals surface area (Å²) in [5.41, 5.74) is 0.373. The minimum Gasteiger partial charge on any atom is -0.461 e. The maximum absolute atomic E-state index is 11.9. The summed E-state index contributed by atoms with van der Waals surface area (Å²) in [6, 6.07) is 0.120. The molecule has 1 N–H and O–H groups in total. The Bertz CT molecular complexity index is 699. The number of esters is 1. The molecule has 0 amide bonds. The smallest absolute Gasteiger partial charge is 0.313 e. The van der Waals surface area contributed by atoms with Crippen LogP contribution >= 0.6 is 0 Å². The number of imidazole rings is 1. The van der Waals surface area contributed by atoms with Gasteiger partial charge in [0.25, 0.3) is 5.56 Å². The lowest BCUT2D eigenvalue weighted by Gasteiger charge is -2.07. The molecular weight excluding hydrogens is 260 g/mol. The van der Waals surface area contributed by atoms with Crippen molar-refractivity contribution in [2.75, 3.05) is 6.61 Å². The summed E-state index contributed by atoms with van der Waals surface area (Å²) in [6.45, 7) is 7.51. The predicted molar refractivity (Wildman–Crippen MR) is 73.4 cm³/mol. The standard InChI is InChI=1S/C13H16N4O3/c1-4-5-20-10(18)6-9-15-12-11(13(19)16-9)14-7-17(12)8(2)3/h4,7-8H,1,5-6H2,2-3H3,(H,15,16,19). The molecule has 106 valence electrons. The lowest BCUT2D eigenvalue weighted by atomic mass is 10.3. The first kappa shape index (κ1) is 14.0. The van der Waals surface area contributed by atoms with Gasteiger partial charge in [-0.2, -0.15) is 0 Å². The number of hydrogen-bond donors (Lipinski definition) is 1. The molecule has 0 spiro atoms. The van der Waals surface area contributed by atoms with Crippen LogP contribution in [0.2, 0.25) is 0 Å². The highest BCUT2D eigenvalue weighted by molar-refractivity contribution is 5.73. The molecule has 0 bridgehead atoms. The fraction of sp³-hybridized carbons (Fsp3) is 0.385. The predicted octanol–water partition coefficient (Wildman–Crippen LogP) is 0.972. The Morgan fingerprint density at radius 2 is 2.35 bits per heavy atom. The van der Waals surface area contributed by atoms with Crippen molar-refractivity contribution in [3.8, 4) is 0 Å². The van der Waals surface area contributed by atoms with Crippen molar-refractivity contribution < 1.29 is 9.53 Å². The van der Waals surface area contributed by atoms with Crippen LogP contribution in [0.4, 0.5) is 0 Å². The largest absolute Gasteiger partial charge is 0.461 e. The van der Waals surface area contributed by atoms with Gasteiger partial charge in [0, 0.05) is 6.04 Å². The number of nitrogens with zero attached hydrogens (tertiary/aromatic N) is 3. The van der Waals surface area contributed by atoms with E-state index in [1.807, 2.05) is 13.8 Å². The maximum Gasteiger partial charge on any atom is 0.313 e. The van der Waals surface area contributed by atoms with Gasteiger partial charge >= 0.3 is 5.97 Å². The normalized spacial score (nSPS) is 10.9. The second kappa shape index (κ2) is 5.68. The van der Waals surface area contributed by atoms with Gasteiger partial charge in [0.05, 0.1) is 6.33 Å². The minimum atomic E-state index is -0.469. The summed E-state index contributed by atoms with van der Waals surface area (Å²) in [4.78, 5) is 34.3. The molecule has 0 aliphatic carbocycles. The minimum absolute atomic E-state index is 0.0949. The highest BCUT2D eigenvalue weighted by Gasteiger charge is 2.14. The van der Waals surface area contributed by atoms with E-state index in [0.717, 1.165) is 0 Å². The first-order valence-electron chi connectivity index (χ1n) is 6.25. The molecule has 0 atom stereocenters. The van der Waals surface area contributed by atoms with Crippen LogP contribution in [-0.4, -0.2) is 32.1 Å². The number of aromatic nitrogens is 4. The molecule has 2 rings (SSSR count). The first-order valence-corrected chi connectivity index (χ1v) is 6.25. The third-order valence-corrected chi connectivity index (χ3v) is 2.71. The van der Waals surface area contributed by atoms with E-state index in [1.165, 1.54) is 6.08 Å². The van der Waals surface area contributed by atoms with E-state index in [4.69, 9.17) is 4.74 Å². The number of ether oxygens (including phenoxy) is 1. The van der Waals surface area contributed by atoms with Crippen LogP contribution < -0.4 is 5.56 Å². The Kier molecular flexibility index (Phi) is 3.97. The number of nitrogens with one attached hydrogen (secondary N) is 1. The number of H-pyrrole nitrogens is 1. The molecule has 7 nitrogen and oxygen atoms in total. The van der Waals surface area contributed by atoms with Gasteiger partial charge in [-0.25, -0.2) is 9.97 Å². The van der Waals surface area contributed by atoms with E-state index < -0.39 is 5.97 Å². The summed E-state index contributed by atoms with van der Waals surface area (Å²) >= 11 is 0. The molecule has 0 saturated heterocycles. The van der Waals surface area contributed by atoms with Crippen LogP contribution in [0.5, 0.6) is 0 Å². The van der Waals surface area contributed by atoms with Gasteiger partial charge in [-0.15, -0.1) is 0 Å². The molecule has 0 unspecified atom stereocenters. The van der Waals surface area contributed by atoms with E-state index in [0.29, 0.717) is 5.65 Å². The molecule has 0 aliphatic rings. The van der Waals surface area contributed by atoms with Crippen LogP contribution in [0.15, 0.2) is 23.8 Å². The summed E-state index contributed by atoms with van der Waals surface area (Å²) < 4.78 is 6.65. The Morgan fingerprint density at radius 1 is 1.60 bits per heavy atom. The lowest BCUT2D eigenvalue weighted by Crippen LogP contribution is -2.17. The van der Waals surface area contributed by atoms with Crippen LogP contribution in [0.1, 0.15) is 25.7 Å². The van der Waals surface area contributed by atoms with Gasteiger partial charge in [-0.1, -0.05) is 12.7 Å². The zero-order valence-electron chi connectivity index (χ0n) is 11.4. The van der Waals surface area contributed by atoms with E-state index in [2.05, 4.69) is 21.5 Å². The lowest BCUT2D eigenvalue weighted by molar-refractivity contribution is -0.141. The van der Waals surface area contributed by atoms with Crippen molar-refractivity contribution in [2.45, 2.75) is 26.3 Å². The van der Waals surface area contributed by atoms with Crippen LogP contribution in [0.3, 0.4) is 0 Å². The van der Waals surface area contributed by atoms with Crippen molar-refractivity contribution in [3.63, 3.8) is 0 Å². The fourth-order valence-corrected chi connectivity index (χ4v) is 1.77. The van der Waals surface area contributed by atoms with Crippen molar-refractivity contribution in [2.24, 2.45) is 0 Å². The van der Waals surface area contributed by atoms with Gasteiger partial charge in [0.1, 0.15) is 18.9 Å². The molecule has 0 saturated carbocycles. The molecule has 20 heavy (non-hydrogen) atoms. The Morgan fingerprint density at radius 3 is 3.00 bits per heavy atom. The second-order valence-electron chi connectivity index (χ2n) is 4.58. The first-order chi connectivity index (χ1) is 9.52. The number of hydrogen-bond acceptors (Lipinski definition) is 5. The Balaban J connectivity index is 2.35. The average molecular weight is 276 g/mol. The molecule has 0 radical (unpaired) electrons. The van der Waals surface area contributed by atoms with Crippen LogP contribution in [0.25, 0.3) is 11.2 Å². The third kappa shape index (κ3) is 2.76. The molecule has 0 fully saturated rings. The quantitative estimate of drug-likeness (QED) is 0.649. The SMILES string of the molecule is C=CCOC(=O)Cc1nc2c(ncn2C(C)C)c(=O)[nH]1. The zero-order chi connectivity index (χ0) is 14.7. The van der Waals surface area contributed by atoms with Gasteiger partial charge in [-0.05, 0) is 13.8 Å². The van der Waals surface area contributed by atoms with Crippen LogP contribution in [0, 0.1) is 0 Å². The van der Waals surface area contributed by atoms with Gasteiger partial charge < -0.3 is 14.3 Å². The van der Waals surface area contributed by atoms with Crippen LogP contribution in [-0.2, 0) is 16.0 Å². The summed E-state index contributed by atoms with van der Waals surface area (Å²) in [7, 11) is 0. The molecule has 7 heteroatoms. The third-order valence-electron chi connectivity index (χ3n) is 2.71. The number of fused-ring (bicyclic) bond motifs is 1. The second-order valence-corrected chi connectivity index (χ2v) is 4.58. The number of carbonyl (C=O) groups is 1. The van der Waals surface area contributed by atoms with Crippen molar-refractivity contribution in [3.05, 3.63) is 35.2 Å². The molecular formula is C13H16N4O3. The molecule has 2 aromatic heterocycles. The number of carbonyl (C=O) groups excluding carboxylic acids is 1. The van der Waals surface area contributed by atoms with Gasteiger partial charge in [0.2, 0.25) is 0 Å². The maximum atomic E-state index is 11.9. The molecule has 0 aromatic carbocycles. The van der Waals surface area contributed by atoms with E-state index in [-0.39, 0.29) is 36.0 Å². The van der Waals surface area contributed by atoms with Crippen molar-refractivity contribution >= 4 is 17.1 Å². The van der Waals surface area contributed by atoms with E-state index in [9.17, 15) is 9.59 Å². The average Bonchev–Trinajstić information content (AvgIpc) is 2.80. The van der Waals surface area contributed by atoms with E-state index in [1.54, 1.807) is 10.9 Å². The highest BCUT2D eigenvalue weighted by atomic mass is 16.5. The Hall–Kier alpha value is -2.44. The summed E-state index contributed by atoms with van der Waals surface area (Å²) in [5, 5.41) is 0. The Labute approximate surface area is 115 Å². The molecule has 2 aromatic rings. The molecule has 2 heterocycles. The number of aromatic amines is 1. The topological polar surface area (TPSA) is 89.9 Å². The van der Waals surface area contributed by atoms with E-state index >= 15 is 0 Å². The zero-order valence-corrected chi connectivity index (χ0v) is 11.4. The summed E-state index contributed by atoms with van der Waals surface area (Å²) in [6.07, 6.45) is 2.95.